The van der Waals surface area contributed by atoms with Gasteiger partial charge in [-0.05, 0) is 79.6 Å². The molecular formula is C32H32ClN3O6S. The Hall–Kier alpha value is -4.54. The van der Waals surface area contributed by atoms with Crippen molar-refractivity contribution in [1.82, 2.24) is 5.43 Å². The van der Waals surface area contributed by atoms with Gasteiger partial charge in [0, 0.05) is 5.02 Å². The monoisotopic (exact) mass is 621 g/mol. The van der Waals surface area contributed by atoms with E-state index in [0.29, 0.717) is 47.7 Å². The number of anilines is 1. The van der Waals surface area contributed by atoms with Crippen molar-refractivity contribution in [3.63, 3.8) is 0 Å². The van der Waals surface area contributed by atoms with E-state index in [1.807, 2.05) is 37.3 Å². The molecule has 4 aromatic rings. The summed E-state index contributed by atoms with van der Waals surface area (Å²) < 4.78 is 45.7. The number of hydrazone groups is 1. The number of carbonyl (C=O) groups is 1. The zero-order chi connectivity index (χ0) is 30.7. The molecule has 0 heterocycles. The van der Waals surface area contributed by atoms with Gasteiger partial charge in [-0.15, -0.1) is 0 Å². The molecule has 0 radical (unpaired) electrons. The molecule has 9 nitrogen and oxygen atoms in total. The van der Waals surface area contributed by atoms with E-state index in [-0.39, 0.29) is 10.6 Å². The maximum absolute atomic E-state index is 13.7. The lowest BCUT2D eigenvalue weighted by molar-refractivity contribution is -0.119. The van der Waals surface area contributed by atoms with Crippen LogP contribution in [0.3, 0.4) is 0 Å². The number of amides is 1. The minimum atomic E-state index is -4.17. The standard InChI is InChI=1S/C32H32ClN3O6S/c1-3-40-29-13-9-8-12-28(29)36(43(38,39)27-17-15-26(33)16-18-27)22-32(37)35-34-21-25-14-19-30(31(20-25)41-4-2)42-23-24-10-6-5-7-11-24/h5-21H,3-4,22-23H2,1-2H3,(H,35,37)/b34-21-. The first-order valence-corrected chi connectivity index (χ1v) is 15.4. The second kappa shape index (κ2) is 15.1. The average molecular weight is 622 g/mol. The van der Waals surface area contributed by atoms with Crippen molar-refractivity contribution in [2.24, 2.45) is 5.10 Å². The first kappa shape index (κ1) is 31.4. The van der Waals surface area contributed by atoms with Crippen molar-refractivity contribution in [2.45, 2.75) is 25.3 Å². The number of nitrogens with zero attached hydrogens (tertiary/aromatic N) is 2. The average Bonchev–Trinajstić information content (AvgIpc) is 3.01. The highest BCUT2D eigenvalue weighted by atomic mass is 35.5. The van der Waals surface area contributed by atoms with Crippen LogP contribution in [0.1, 0.15) is 25.0 Å². The number of rotatable bonds is 14. The molecule has 0 spiro atoms. The van der Waals surface area contributed by atoms with Gasteiger partial charge in [0.05, 0.1) is 30.0 Å². The number of hydrogen-bond donors (Lipinski definition) is 1. The van der Waals surface area contributed by atoms with Crippen LogP contribution in [0.5, 0.6) is 17.2 Å². The van der Waals surface area contributed by atoms with Crippen molar-refractivity contribution in [3.05, 3.63) is 113 Å². The zero-order valence-electron chi connectivity index (χ0n) is 23.8. The van der Waals surface area contributed by atoms with Crippen molar-refractivity contribution in [1.29, 1.82) is 0 Å². The van der Waals surface area contributed by atoms with Gasteiger partial charge in [-0.3, -0.25) is 9.10 Å². The molecule has 0 saturated carbocycles. The fourth-order valence-corrected chi connectivity index (χ4v) is 5.60. The topological polar surface area (TPSA) is 107 Å². The molecule has 0 aliphatic rings. The molecule has 0 atom stereocenters. The summed E-state index contributed by atoms with van der Waals surface area (Å²) in [5.41, 5.74) is 4.30. The molecule has 0 saturated heterocycles. The van der Waals surface area contributed by atoms with E-state index >= 15 is 0 Å². The first-order valence-electron chi connectivity index (χ1n) is 13.6. The van der Waals surface area contributed by atoms with Gasteiger partial charge in [0.15, 0.2) is 11.5 Å². The summed E-state index contributed by atoms with van der Waals surface area (Å²) in [5.74, 6) is 0.758. The zero-order valence-corrected chi connectivity index (χ0v) is 25.3. The van der Waals surface area contributed by atoms with Gasteiger partial charge in [0.25, 0.3) is 15.9 Å². The molecule has 1 amide bonds. The predicted molar refractivity (Wildman–Crippen MR) is 168 cm³/mol. The molecule has 0 aromatic heterocycles. The molecule has 0 bridgehead atoms. The SMILES string of the molecule is CCOc1cc(/C=N\NC(=O)CN(c2ccccc2OCC)S(=O)(=O)c2ccc(Cl)cc2)ccc1OCc1ccccc1. The smallest absolute Gasteiger partial charge is 0.264 e. The summed E-state index contributed by atoms with van der Waals surface area (Å²) in [7, 11) is -4.17. The fraction of sp³-hybridized carbons (Fsp3) is 0.188. The first-order chi connectivity index (χ1) is 20.8. The van der Waals surface area contributed by atoms with Crippen LogP contribution < -0.4 is 23.9 Å². The Balaban J connectivity index is 1.51. The van der Waals surface area contributed by atoms with Gasteiger partial charge in [-0.25, -0.2) is 13.8 Å². The highest BCUT2D eigenvalue weighted by Gasteiger charge is 2.29. The summed E-state index contributed by atoms with van der Waals surface area (Å²) in [5, 5.41) is 4.43. The second-order valence-electron chi connectivity index (χ2n) is 9.07. The van der Waals surface area contributed by atoms with Crippen LogP contribution in [-0.2, 0) is 21.4 Å². The predicted octanol–water partition coefficient (Wildman–Crippen LogP) is 6.06. The van der Waals surface area contributed by atoms with Gasteiger partial charge >= 0.3 is 0 Å². The van der Waals surface area contributed by atoms with Crippen LogP contribution >= 0.6 is 11.6 Å². The van der Waals surface area contributed by atoms with E-state index < -0.39 is 22.5 Å². The Bertz CT molecular complexity index is 1650. The summed E-state index contributed by atoms with van der Waals surface area (Å²) in [6, 6.07) is 27.4. The maximum Gasteiger partial charge on any atom is 0.264 e. The molecule has 1 N–H and O–H groups in total. The van der Waals surface area contributed by atoms with Crippen molar-refractivity contribution in [3.8, 4) is 17.2 Å². The summed E-state index contributed by atoms with van der Waals surface area (Å²) in [6.45, 7) is 4.22. The minimum Gasteiger partial charge on any atom is -0.492 e. The van der Waals surface area contributed by atoms with Crippen LogP contribution in [0.2, 0.25) is 5.02 Å². The van der Waals surface area contributed by atoms with Crippen molar-refractivity contribution < 1.29 is 27.4 Å². The second-order valence-corrected chi connectivity index (χ2v) is 11.4. The number of nitrogens with one attached hydrogen (secondary N) is 1. The van der Waals surface area contributed by atoms with Gasteiger partial charge in [-0.2, -0.15) is 5.10 Å². The van der Waals surface area contributed by atoms with Crippen molar-refractivity contribution >= 4 is 39.4 Å². The Kier molecular flexibility index (Phi) is 11.0. The van der Waals surface area contributed by atoms with Gasteiger partial charge in [0.1, 0.15) is 18.9 Å². The molecule has 224 valence electrons. The summed E-state index contributed by atoms with van der Waals surface area (Å²) in [4.78, 5) is 13.0. The number of carbonyl (C=O) groups excluding carboxylic acids is 1. The van der Waals surface area contributed by atoms with Crippen molar-refractivity contribution in [2.75, 3.05) is 24.1 Å². The van der Waals surface area contributed by atoms with Crippen LogP contribution in [0.4, 0.5) is 5.69 Å². The minimum absolute atomic E-state index is 0.0301. The van der Waals surface area contributed by atoms with Crippen LogP contribution in [0, 0.1) is 0 Å². The molecule has 11 heteroatoms. The van der Waals surface area contributed by atoms with Gasteiger partial charge in [0.2, 0.25) is 0 Å². The normalized spacial score (nSPS) is 11.2. The van der Waals surface area contributed by atoms with E-state index in [1.165, 1.54) is 30.5 Å². The number of ether oxygens (including phenoxy) is 3. The lowest BCUT2D eigenvalue weighted by Crippen LogP contribution is -2.39. The third-order valence-corrected chi connectivity index (χ3v) is 8.06. The largest absolute Gasteiger partial charge is 0.492 e. The summed E-state index contributed by atoms with van der Waals surface area (Å²) >= 11 is 5.97. The molecule has 0 fully saturated rings. The Morgan fingerprint density at radius 1 is 0.837 bits per heavy atom. The van der Waals surface area contributed by atoms with E-state index in [2.05, 4.69) is 10.5 Å². The van der Waals surface area contributed by atoms with Crippen LogP contribution in [0.15, 0.2) is 107 Å². The molecule has 0 aliphatic carbocycles. The Morgan fingerprint density at radius 3 is 2.23 bits per heavy atom. The summed E-state index contributed by atoms with van der Waals surface area (Å²) in [6.07, 6.45) is 1.44. The third-order valence-electron chi connectivity index (χ3n) is 6.03. The molecule has 43 heavy (non-hydrogen) atoms. The number of halogens is 1. The van der Waals surface area contributed by atoms with E-state index in [4.69, 9.17) is 25.8 Å². The lowest BCUT2D eigenvalue weighted by atomic mass is 10.2. The molecule has 4 rings (SSSR count). The molecule has 4 aromatic carbocycles. The molecule has 0 unspecified atom stereocenters. The van der Waals surface area contributed by atoms with E-state index in [0.717, 1.165) is 9.87 Å². The number of para-hydroxylation sites is 2. The van der Waals surface area contributed by atoms with Crippen LogP contribution in [-0.4, -0.2) is 40.3 Å². The van der Waals surface area contributed by atoms with Gasteiger partial charge in [-0.1, -0.05) is 54.1 Å². The number of benzene rings is 4. The molecule has 0 aliphatic heterocycles. The molecular weight excluding hydrogens is 590 g/mol. The maximum atomic E-state index is 13.7. The Labute approximate surface area is 256 Å². The third kappa shape index (κ3) is 8.50. The highest BCUT2D eigenvalue weighted by Crippen LogP contribution is 2.33. The van der Waals surface area contributed by atoms with Crippen LogP contribution in [0.25, 0.3) is 0 Å². The lowest BCUT2D eigenvalue weighted by Gasteiger charge is -2.25. The number of sulfonamides is 1. The number of hydrogen-bond acceptors (Lipinski definition) is 7. The Morgan fingerprint density at radius 2 is 1.51 bits per heavy atom. The van der Waals surface area contributed by atoms with E-state index in [9.17, 15) is 13.2 Å². The van der Waals surface area contributed by atoms with E-state index in [1.54, 1.807) is 49.4 Å². The highest BCUT2D eigenvalue weighted by molar-refractivity contribution is 7.92. The quantitative estimate of drug-likeness (QED) is 0.135. The fourth-order valence-electron chi connectivity index (χ4n) is 4.05. The van der Waals surface area contributed by atoms with Gasteiger partial charge < -0.3 is 14.2 Å².